The number of aryl methyl sites for hydroxylation is 2. The third-order valence-electron chi connectivity index (χ3n) is 4.24. The predicted octanol–water partition coefficient (Wildman–Crippen LogP) is 5.91. The van der Waals surface area contributed by atoms with E-state index in [0.29, 0.717) is 5.69 Å². The minimum atomic E-state index is -0.452. The van der Waals surface area contributed by atoms with E-state index < -0.39 is 5.91 Å². The fraction of sp³-hybridized carbons (Fsp3) is 0.0833. The summed E-state index contributed by atoms with van der Waals surface area (Å²) in [5, 5.41) is 15.4. The van der Waals surface area contributed by atoms with E-state index >= 15 is 0 Å². The number of carbonyl (C=O) groups excluding carboxylic acids is 1. The van der Waals surface area contributed by atoms with E-state index in [1.807, 2.05) is 92.7 Å². The third kappa shape index (κ3) is 5.50. The molecule has 1 amide bonds. The van der Waals surface area contributed by atoms with Crippen LogP contribution in [0, 0.1) is 25.2 Å². The molecular weight excluding hydrogens is 378 g/mol. The van der Waals surface area contributed by atoms with E-state index in [1.165, 1.54) is 6.20 Å². The van der Waals surface area contributed by atoms with Gasteiger partial charge in [0.15, 0.2) is 0 Å². The fourth-order valence-corrected chi connectivity index (χ4v) is 3.58. The first-order chi connectivity index (χ1) is 14.1. The van der Waals surface area contributed by atoms with Crippen LogP contribution >= 0.6 is 11.8 Å². The van der Waals surface area contributed by atoms with Crippen molar-refractivity contribution in [2.24, 2.45) is 0 Å². The summed E-state index contributed by atoms with van der Waals surface area (Å²) < 4.78 is 0. The van der Waals surface area contributed by atoms with Gasteiger partial charge in [0, 0.05) is 21.7 Å². The molecule has 3 aromatic carbocycles. The molecular formula is C24H21N3OS. The zero-order valence-corrected chi connectivity index (χ0v) is 17.1. The van der Waals surface area contributed by atoms with Gasteiger partial charge in [-0.25, -0.2) is 0 Å². The molecule has 0 spiro atoms. The molecule has 0 aromatic heterocycles. The Morgan fingerprint density at radius 1 is 0.966 bits per heavy atom. The summed E-state index contributed by atoms with van der Waals surface area (Å²) in [5.41, 5.74) is 3.67. The maximum absolute atomic E-state index is 12.7. The highest BCUT2D eigenvalue weighted by molar-refractivity contribution is 7.99. The Labute approximate surface area is 175 Å². The lowest BCUT2D eigenvalue weighted by Gasteiger charge is -2.11. The number of rotatable bonds is 6. The molecule has 0 saturated heterocycles. The van der Waals surface area contributed by atoms with Crippen LogP contribution in [0.1, 0.15) is 11.1 Å². The summed E-state index contributed by atoms with van der Waals surface area (Å²) in [5.74, 6) is -0.452. The van der Waals surface area contributed by atoms with Gasteiger partial charge in [0.2, 0.25) is 0 Å². The minimum absolute atomic E-state index is 0.00502. The zero-order valence-electron chi connectivity index (χ0n) is 16.3. The number of hydrogen-bond acceptors (Lipinski definition) is 4. The summed E-state index contributed by atoms with van der Waals surface area (Å²) in [6.07, 6.45) is 1.45. The van der Waals surface area contributed by atoms with Crippen molar-refractivity contribution >= 4 is 29.0 Å². The average Bonchev–Trinajstić information content (AvgIpc) is 2.73. The Balaban J connectivity index is 1.76. The van der Waals surface area contributed by atoms with Crippen LogP contribution in [-0.2, 0) is 4.79 Å². The maximum atomic E-state index is 12.7. The number of benzene rings is 3. The molecule has 0 atom stereocenters. The van der Waals surface area contributed by atoms with Crippen molar-refractivity contribution in [2.75, 3.05) is 10.6 Å². The first-order valence-electron chi connectivity index (χ1n) is 9.14. The molecule has 5 heteroatoms. The molecule has 4 nitrogen and oxygen atoms in total. The summed E-state index contributed by atoms with van der Waals surface area (Å²) in [6, 6.07) is 25.4. The van der Waals surface area contributed by atoms with Crippen LogP contribution in [-0.4, -0.2) is 5.91 Å². The molecule has 29 heavy (non-hydrogen) atoms. The molecule has 2 N–H and O–H groups in total. The second kappa shape index (κ2) is 9.63. The Hall–Kier alpha value is -3.49. The quantitative estimate of drug-likeness (QED) is 0.399. The Morgan fingerprint density at radius 3 is 2.45 bits per heavy atom. The van der Waals surface area contributed by atoms with Crippen LogP contribution in [0.4, 0.5) is 11.4 Å². The van der Waals surface area contributed by atoms with Crippen LogP contribution in [0.15, 0.2) is 94.4 Å². The van der Waals surface area contributed by atoms with Gasteiger partial charge in [-0.3, -0.25) is 4.79 Å². The number of hydrogen-bond donors (Lipinski definition) is 2. The largest absolute Gasteiger partial charge is 0.360 e. The highest BCUT2D eigenvalue weighted by atomic mass is 32.2. The molecule has 0 saturated carbocycles. The zero-order chi connectivity index (χ0) is 20.6. The van der Waals surface area contributed by atoms with Gasteiger partial charge in [-0.15, -0.1) is 0 Å². The molecule has 0 aliphatic carbocycles. The van der Waals surface area contributed by atoms with Crippen molar-refractivity contribution < 1.29 is 4.79 Å². The van der Waals surface area contributed by atoms with Crippen LogP contribution in [0.3, 0.4) is 0 Å². The Morgan fingerprint density at radius 2 is 1.69 bits per heavy atom. The van der Waals surface area contributed by atoms with E-state index in [-0.39, 0.29) is 5.57 Å². The second-order valence-electron chi connectivity index (χ2n) is 6.50. The Kier molecular flexibility index (Phi) is 6.72. The molecule has 3 aromatic rings. The lowest BCUT2D eigenvalue weighted by molar-refractivity contribution is -0.112. The van der Waals surface area contributed by atoms with Crippen LogP contribution in [0.2, 0.25) is 0 Å². The van der Waals surface area contributed by atoms with Gasteiger partial charge in [0.05, 0.1) is 5.69 Å². The van der Waals surface area contributed by atoms with E-state index in [4.69, 9.17) is 0 Å². The smallest absolute Gasteiger partial charge is 0.267 e. The van der Waals surface area contributed by atoms with E-state index in [1.54, 1.807) is 11.8 Å². The normalized spacial score (nSPS) is 10.9. The van der Waals surface area contributed by atoms with Crippen molar-refractivity contribution in [2.45, 2.75) is 23.6 Å². The topological polar surface area (TPSA) is 64.9 Å². The SMILES string of the molecule is Cc1ccc(C)c(N/C=C(/C#N)C(=O)Nc2ccccc2Sc2ccccc2)c1. The van der Waals surface area contributed by atoms with E-state index in [9.17, 15) is 10.1 Å². The average molecular weight is 400 g/mol. The molecule has 0 heterocycles. The summed E-state index contributed by atoms with van der Waals surface area (Å²) in [7, 11) is 0. The molecule has 0 fully saturated rings. The number of nitrogens with one attached hydrogen (secondary N) is 2. The summed E-state index contributed by atoms with van der Waals surface area (Å²) in [4.78, 5) is 14.7. The van der Waals surface area contributed by atoms with Gasteiger partial charge in [0.1, 0.15) is 11.6 Å². The predicted molar refractivity (Wildman–Crippen MR) is 119 cm³/mol. The van der Waals surface area contributed by atoms with Gasteiger partial charge < -0.3 is 10.6 Å². The van der Waals surface area contributed by atoms with Gasteiger partial charge in [0.25, 0.3) is 5.91 Å². The number of para-hydroxylation sites is 1. The molecule has 0 aliphatic heterocycles. The van der Waals surface area contributed by atoms with Crippen molar-refractivity contribution in [1.82, 2.24) is 0 Å². The molecule has 3 rings (SSSR count). The molecule has 144 valence electrons. The Bertz CT molecular complexity index is 1080. The lowest BCUT2D eigenvalue weighted by Crippen LogP contribution is -2.15. The number of carbonyl (C=O) groups is 1. The summed E-state index contributed by atoms with van der Waals surface area (Å²) >= 11 is 1.56. The fourth-order valence-electron chi connectivity index (χ4n) is 2.65. The maximum Gasteiger partial charge on any atom is 0.267 e. The molecule has 0 bridgehead atoms. The van der Waals surface area contributed by atoms with Gasteiger partial charge in [-0.1, -0.05) is 54.2 Å². The molecule has 0 aliphatic rings. The van der Waals surface area contributed by atoms with Crippen molar-refractivity contribution in [1.29, 1.82) is 5.26 Å². The number of nitrogens with zero attached hydrogens (tertiary/aromatic N) is 1. The van der Waals surface area contributed by atoms with Crippen LogP contribution < -0.4 is 10.6 Å². The first-order valence-corrected chi connectivity index (χ1v) is 9.96. The van der Waals surface area contributed by atoms with Crippen LogP contribution in [0.25, 0.3) is 0 Å². The number of amides is 1. The standard InChI is InChI=1S/C24H21N3OS/c1-17-12-13-18(2)22(14-17)26-16-19(15-25)24(28)27-21-10-6-7-11-23(21)29-20-8-4-3-5-9-20/h3-14,16,26H,1-2H3,(H,27,28)/b19-16-. The van der Waals surface area contributed by atoms with Crippen LogP contribution in [0.5, 0.6) is 0 Å². The monoisotopic (exact) mass is 399 g/mol. The van der Waals surface area contributed by atoms with E-state index in [2.05, 4.69) is 10.6 Å². The molecule has 0 radical (unpaired) electrons. The van der Waals surface area contributed by atoms with Crippen molar-refractivity contribution in [3.63, 3.8) is 0 Å². The van der Waals surface area contributed by atoms with Crippen molar-refractivity contribution in [3.05, 3.63) is 95.7 Å². The van der Waals surface area contributed by atoms with Crippen molar-refractivity contribution in [3.8, 4) is 6.07 Å². The van der Waals surface area contributed by atoms with Gasteiger partial charge in [-0.2, -0.15) is 5.26 Å². The number of nitriles is 1. The second-order valence-corrected chi connectivity index (χ2v) is 7.61. The highest BCUT2D eigenvalue weighted by Crippen LogP contribution is 2.33. The molecule has 0 unspecified atom stereocenters. The first kappa shape index (κ1) is 20.2. The summed E-state index contributed by atoms with van der Waals surface area (Å²) in [6.45, 7) is 3.96. The number of anilines is 2. The minimum Gasteiger partial charge on any atom is -0.360 e. The van der Waals surface area contributed by atoms with Gasteiger partial charge >= 0.3 is 0 Å². The lowest BCUT2D eigenvalue weighted by atomic mass is 10.1. The van der Waals surface area contributed by atoms with Gasteiger partial charge in [-0.05, 0) is 55.3 Å². The highest BCUT2D eigenvalue weighted by Gasteiger charge is 2.12. The third-order valence-corrected chi connectivity index (χ3v) is 5.32. The van der Waals surface area contributed by atoms with E-state index in [0.717, 1.165) is 26.6 Å².